The molecule has 0 spiro atoms. The first-order chi connectivity index (χ1) is 9.52. The summed E-state index contributed by atoms with van der Waals surface area (Å²) < 4.78 is 0. The molecular formula is C19H42N2O. The molecule has 3 heteroatoms. The van der Waals surface area contributed by atoms with E-state index < -0.39 is 0 Å². The van der Waals surface area contributed by atoms with Crippen LogP contribution < -0.4 is 11.1 Å². The van der Waals surface area contributed by atoms with Crippen molar-refractivity contribution in [3.05, 3.63) is 0 Å². The number of hydrogen-bond donors (Lipinski definition) is 2. The highest BCUT2D eigenvalue weighted by molar-refractivity contribution is 5.77. The fourth-order valence-electron chi connectivity index (χ4n) is 3.54. The van der Waals surface area contributed by atoms with Gasteiger partial charge in [0.2, 0.25) is 5.91 Å². The van der Waals surface area contributed by atoms with E-state index in [-0.39, 0.29) is 27.8 Å². The summed E-state index contributed by atoms with van der Waals surface area (Å²) in [7, 11) is 0. The summed E-state index contributed by atoms with van der Waals surface area (Å²) in [5.74, 6) is 0.119. The Morgan fingerprint density at radius 3 is 1.59 bits per heavy atom. The van der Waals surface area contributed by atoms with Crippen LogP contribution in [0, 0.1) is 10.8 Å². The fraction of sp³-hybridized carbons (Fsp3) is 0.947. The van der Waals surface area contributed by atoms with Gasteiger partial charge in [-0.2, -0.15) is 0 Å². The Hall–Kier alpha value is -0.570. The minimum atomic E-state index is -0.280. The maximum atomic E-state index is 12.3. The molecule has 0 saturated heterocycles. The molecule has 1 amide bonds. The van der Waals surface area contributed by atoms with E-state index in [1.807, 2.05) is 41.5 Å². The Labute approximate surface area is 139 Å². The second-order valence-corrected chi connectivity index (χ2v) is 9.68. The Bertz CT molecular complexity index is 298. The Morgan fingerprint density at radius 2 is 1.27 bits per heavy atom. The first-order valence-electron chi connectivity index (χ1n) is 8.61. The Balaban J connectivity index is 0. The highest BCUT2D eigenvalue weighted by Gasteiger charge is 2.31. The lowest BCUT2D eigenvalue weighted by molar-refractivity contribution is -0.125. The molecule has 0 rings (SSSR count). The van der Waals surface area contributed by atoms with Crippen LogP contribution in [0.3, 0.4) is 0 Å². The van der Waals surface area contributed by atoms with E-state index in [1.54, 1.807) is 0 Å². The van der Waals surface area contributed by atoms with E-state index in [4.69, 9.17) is 5.73 Å². The average Bonchev–Trinajstić information content (AvgIpc) is 2.08. The summed E-state index contributed by atoms with van der Waals surface area (Å²) >= 11 is 0. The molecule has 0 aliphatic heterocycles. The Morgan fingerprint density at radius 1 is 0.864 bits per heavy atom. The van der Waals surface area contributed by atoms with Crippen LogP contribution >= 0.6 is 0 Å². The van der Waals surface area contributed by atoms with Gasteiger partial charge in [0.1, 0.15) is 0 Å². The molecule has 134 valence electrons. The minimum absolute atomic E-state index is 0.0106. The van der Waals surface area contributed by atoms with E-state index in [9.17, 15) is 4.79 Å². The maximum Gasteiger partial charge on any atom is 0.220 e. The zero-order valence-corrected chi connectivity index (χ0v) is 17.1. The molecule has 0 aliphatic carbocycles. The molecule has 0 aromatic rings. The topological polar surface area (TPSA) is 55.1 Å². The number of amides is 1. The number of nitrogens with two attached hydrogens (primary N) is 1. The lowest BCUT2D eigenvalue weighted by Gasteiger charge is -2.36. The van der Waals surface area contributed by atoms with Crippen molar-refractivity contribution in [1.82, 2.24) is 5.32 Å². The van der Waals surface area contributed by atoms with Gasteiger partial charge in [0.25, 0.3) is 0 Å². The van der Waals surface area contributed by atoms with Crippen molar-refractivity contribution < 1.29 is 4.79 Å². The lowest BCUT2D eigenvalue weighted by Crippen LogP contribution is -2.51. The van der Waals surface area contributed by atoms with Gasteiger partial charge < -0.3 is 11.1 Å². The van der Waals surface area contributed by atoms with Gasteiger partial charge in [-0.1, -0.05) is 48.5 Å². The molecule has 0 bridgehead atoms. The number of rotatable bonds is 6. The number of hydrogen-bond acceptors (Lipinski definition) is 2. The van der Waals surface area contributed by atoms with E-state index in [0.717, 1.165) is 12.8 Å². The molecule has 0 unspecified atom stereocenters. The molecule has 0 aromatic carbocycles. The normalized spacial score (nSPS) is 13.3. The number of carbonyl (C=O) groups is 1. The van der Waals surface area contributed by atoms with Gasteiger partial charge in [-0.25, -0.2) is 0 Å². The molecule has 3 N–H and O–H groups in total. The van der Waals surface area contributed by atoms with Gasteiger partial charge in [0.05, 0.1) is 0 Å². The zero-order chi connectivity index (χ0) is 18.4. The summed E-state index contributed by atoms with van der Waals surface area (Å²) in [4.78, 5) is 12.3. The molecule has 0 fully saturated rings. The van der Waals surface area contributed by atoms with Crippen molar-refractivity contribution in [3.8, 4) is 0 Å². The smallest absolute Gasteiger partial charge is 0.220 e. The van der Waals surface area contributed by atoms with Gasteiger partial charge in [-0.05, 0) is 51.4 Å². The van der Waals surface area contributed by atoms with Gasteiger partial charge >= 0.3 is 0 Å². The van der Waals surface area contributed by atoms with Crippen molar-refractivity contribution in [2.45, 2.75) is 107 Å². The standard InChI is InChI=1S/C17H36N2O.C2H6/c1-14(2,3)11-15(4,5)10-13(20)19-17(8,9)12-16(6,7)18;1-2/h10-12,18H2,1-9H3,(H,19,20);1-2H3. The molecule has 0 aliphatic rings. The summed E-state index contributed by atoms with van der Waals surface area (Å²) in [5, 5.41) is 3.14. The third kappa shape index (κ3) is 14.4. The fourth-order valence-corrected chi connectivity index (χ4v) is 3.54. The average molecular weight is 315 g/mol. The van der Waals surface area contributed by atoms with Gasteiger partial charge in [0, 0.05) is 17.5 Å². The second-order valence-electron chi connectivity index (χ2n) is 9.68. The van der Waals surface area contributed by atoms with Crippen LogP contribution in [0.5, 0.6) is 0 Å². The van der Waals surface area contributed by atoms with E-state index in [0.29, 0.717) is 6.42 Å². The van der Waals surface area contributed by atoms with Gasteiger partial charge in [0.15, 0.2) is 0 Å². The lowest BCUT2D eigenvalue weighted by atomic mass is 9.74. The summed E-state index contributed by atoms with van der Waals surface area (Å²) in [6, 6.07) is 0. The van der Waals surface area contributed by atoms with Crippen LogP contribution in [0.2, 0.25) is 0 Å². The van der Waals surface area contributed by atoms with Crippen molar-refractivity contribution in [1.29, 1.82) is 0 Å². The Kier molecular flexibility index (Phi) is 8.97. The van der Waals surface area contributed by atoms with Crippen LogP contribution in [0.1, 0.15) is 95.4 Å². The van der Waals surface area contributed by atoms with Crippen LogP contribution in [-0.4, -0.2) is 17.0 Å². The number of nitrogens with one attached hydrogen (secondary N) is 1. The van der Waals surface area contributed by atoms with E-state index >= 15 is 0 Å². The van der Waals surface area contributed by atoms with Crippen LogP contribution in [-0.2, 0) is 4.79 Å². The minimum Gasteiger partial charge on any atom is -0.351 e. The second kappa shape index (κ2) is 8.33. The van der Waals surface area contributed by atoms with Crippen LogP contribution in [0.15, 0.2) is 0 Å². The maximum absolute atomic E-state index is 12.3. The van der Waals surface area contributed by atoms with Gasteiger partial charge in [-0.3, -0.25) is 4.79 Å². The van der Waals surface area contributed by atoms with Crippen LogP contribution in [0.4, 0.5) is 0 Å². The monoisotopic (exact) mass is 314 g/mol. The highest BCUT2D eigenvalue weighted by atomic mass is 16.1. The van der Waals surface area contributed by atoms with Crippen molar-refractivity contribution in [3.63, 3.8) is 0 Å². The molecule has 22 heavy (non-hydrogen) atoms. The zero-order valence-electron chi connectivity index (χ0n) is 17.1. The third-order valence-corrected chi connectivity index (χ3v) is 3.02. The third-order valence-electron chi connectivity index (χ3n) is 3.02. The van der Waals surface area contributed by atoms with Crippen molar-refractivity contribution in [2.24, 2.45) is 16.6 Å². The number of carbonyl (C=O) groups excluding carboxylic acids is 1. The largest absolute Gasteiger partial charge is 0.351 e. The van der Waals surface area contributed by atoms with Crippen molar-refractivity contribution in [2.75, 3.05) is 0 Å². The first kappa shape index (κ1) is 23.7. The molecule has 3 nitrogen and oxygen atoms in total. The van der Waals surface area contributed by atoms with Gasteiger partial charge in [-0.15, -0.1) is 0 Å². The first-order valence-corrected chi connectivity index (χ1v) is 8.61. The molecular weight excluding hydrogens is 272 g/mol. The predicted molar refractivity (Wildman–Crippen MR) is 98.9 cm³/mol. The van der Waals surface area contributed by atoms with E-state index in [1.165, 1.54) is 0 Å². The predicted octanol–water partition coefficient (Wildman–Crippen LogP) is 4.89. The van der Waals surface area contributed by atoms with Crippen molar-refractivity contribution >= 4 is 5.91 Å². The SMILES string of the molecule is CC.CC(C)(C)CC(C)(C)CC(=O)NC(C)(C)CC(C)(C)N. The quantitative estimate of drug-likeness (QED) is 0.733. The molecule has 0 heterocycles. The van der Waals surface area contributed by atoms with E-state index in [2.05, 4.69) is 39.9 Å². The van der Waals surface area contributed by atoms with Crippen LogP contribution in [0.25, 0.3) is 0 Å². The molecule has 0 aromatic heterocycles. The summed E-state index contributed by atoms with van der Waals surface area (Å²) in [5.41, 5.74) is 5.75. The summed E-state index contributed by atoms with van der Waals surface area (Å²) in [6.07, 6.45) is 2.33. The molecule has 0 atom stereocenters. The summed E-state index contributed by atoms with van der Waals surface area (Å²) in [6.45, 7) is 23.0. The highest BCUT2D eigenvalue weighted by Crippen LogP contribution is 2.35. The molecule has 0 saturated carbocycles. The molecule has 0 radical (unpaired) electrons.